The van der Waals surface area contributed by atoms with E-state index in [2.05, 4.69) is 5.32 Å². The number of hydrogen-bond donors (Lipinski definition) is 1. The number of nitrogens with zero attached hydrogens (tertiary/aromatic N) is 1. The SMILES string of the molecule is O=C1NCCN1C(=O)[Se]c1ccccc1. The zero-order valence-electron chi connectivity index (χ0n) is 7.97. The van der Waals surface area contributed by atoms with Crippen LogP contribution >= 0.6 is 0 Å². The second-order valence-corrected chi connectivity index (χ2v) is 5.21. The molecule has 5 heteroatoms. The van der Waals surface area contributed by atoms with Crippen LogP contribution in [-0.2, 0) is 0 Å². The fourth-order valence-corrected chi connectivity index (χ4v) is 2.93. The molecule has 15 heavy (non-hydrogen) atoms. The molecule has 1 aromatic rings. The monoisotopic (exact) mass is 270 g/mol. The predicted octanol–water partition coefficient (Wildman–Crippen LogP) is 0.161. The summed E-state index contributed by atoms with van der Waals surface area (Å²) in [6.07, 6.45) is 0. The Hall–Kier alpha value is -1.32. The molecule has 0 aromatic heterocycles. The van der Waals surface area contributed by atoms with Gasteiger partial charge in [-0.2, -0.15) is 0 Å². The van der Waals surface area contributed by atoms with Gasteiger partial charge in [-0.1, -0.05) is 0 Å². The Morgan fingerprint density at radius 2 is 2.07 bits per heavy atom. The summed E-state index contributed by atoms with van der Waals surface area (Å²) in [5, 5.41) is 2.61. The Morgan fingerprint density at radius 1 is 1.33 bits per heavy atom. The van der Waals surface area contributed by atoms with Gasteiger partial charge in [0.2, 0.25) is 0 Å². The van der Waals surface area contributed by atoms with E-state index in [-0.39, 0.29) is 25.8 Å². The molecule has 0 atom stereocenters. The third-order valence-electron chi connectivity index (χ3n) is 2.03. The molecule has 1 N–H and O–H groups in total. The van der Waals surface area contributed by atoms with Crippen molar-refractivity contribution in [1.82, 2.24) is 10.2 Å². The first-order chi connectivity index (χ1) is 7.27. The van der Waals surface area contributed by atoms with Crippen molar-refractivity contribution in [1.29, 1.82) is 0 Å². The molecule has 0 spiro atoms. The van der Waals surface area contributed by atoms with Gasteiger partial charge in [-0.15, -0.1) is 0 Å². The van der Waals surface area contributed by atoms with Gasteiger partial charge in [0.1, 0.15) is 0 Å². The van der Waals surface area contributed by atoms with Crippen LogP contribution in [0.4, 0.5) is 9.59 Å². The van der Waals surface area contributed by atoms with E-state index in [1.165, 1.54) is 4.90 Å². The van der Waals surface area contributed by atoms with E-state index in [9.17, 15) is 9.59 Å². The standard InChI is InChI=1S/C10H10N2O2Se/c13-9-11-6-7-12(9)10(14)15-8-4-2-1-3-5-8/h1-5H,6-7H2,(H,11,13). The van der Waals surface area contributed by atoms with Gasteiger partial charge in [-0.3, -0.25) is 0 Å². The zero-order chi connectivity index (χ0) is 10.7. The first kappa shape index (κ1) is 10.2. The molecule has 0 saturated carbocycles. The van der Waals surface area contributed by atoms with E-state index in [0.717, 1.165) is 4.46 Å². The molecule has 1 saturated heterocycles. The van der Waals surface area contributed by atoms with Crippen molar-refractivity contribution < 1.29 is 9.59 Å². The summed E-state index contributed by atoms with van der Waals surface area (Å²) in [5.74, 6) is 0. The minimum atomic E-state index is -0.303. The van der Waals surface area contributed by atoms with Gasteiger partial charge in [0.25, 0.3) is 0 Å². The molecule has 4 nitrogen and oxygen atoms in total. The molecular formula is C10H10N2O2Se. The number of imide groups is 1. The van der Waals surface area contributed by atoms with Crippen molar-refractivity contribution in [2.75, 3.05) is 13.1 Å². The molecule has 1 aliphatic heterocycles. The van der Waals surface area contributed by atoms with Crippen molar-refractivity contribution in [2.45, 2.75) is 0 Å². The Kier molecular flexibility index (Phi) is 3.04. The van der Waals surface area contributed by atoms with Crippen LogP contribution in [0.15, 0.2) is 30.3 Å². The van der Waals surface area contributed by atoms with Gasteiger partial charge in [0.05, 0.1) is 0 Å². The maximum atomic E-state index is 11.7. The number of nitrogens with one attached hydrogen (secondary N) is 1. The summed E-state index contributed by atoms with van der Waals surface area (Å²) in [6, 6.07) is 9.26. The number of hydrogen-bond acceptors (Lipinski definition) is 2. The molecule has 0 radical (unpaired) electrons. The number of amides is 3. The van der Waals surface area contributed by atoms with E-state index in [4.69, 9.17) is 0 Å². The summed E-state index contributed by atoms with van der Waals surface area (Å²) in [5.41, 5.74) is 0. The Balaban J connectivity index is 2.01. The van der Waals surface area contributed by atoms with Gasteiger partial charge in [0, 0.05) is 0 Å². The van der Waals surface area contributed by atoms with Crippen LogP contribution in [0.2, 0.25) is 0 Å². The third kappa shape index (κ3) is 2.37. The number of carbonyl (C=O) groups excluding carboxylic acids is 2. The number of carbonyl (C=O) groups is 2. The van der Waals surface area contributed by atoms with Crippen molar-refractivity contribution in [3.63, 3.8) is 0 Å². The third-order valence-corrected chi connectivity index (χ3v) is 3.92. The number of rotatable bonds is 2. The van der Waals surface area contributed by atoms with Crippen LogP contribution in [0.25, 0.3) is 0 Å². The molecule has 0 bridgehead atoms. The fourth-order valence-electron chi connectivity index (χ4n) is 1.29. The van der Waals surface area contributed by atoms with Gasteiger partial charge in [-0.05, 0) is 0 Å². The van der Waals surface area contributed by atoms with Crippen molar-refractivity contribution in [2.24, 2.45) is 0 Å². The van der Waals surface area contributed by atoms with E-state index < -0.39 is 0 Å². The maximum absolute atomic E-state index is 11.7. The van der Waals surface area contributed by atoms with Crippen LogP contribution in [0.3, 0.4) is 0 Å². The van der Waals surface area contributed by atoms with Gasteiger partial charge >= 0.3 is 93.5 Å². The predicted molar refractivity (Wildman–Crippen MR) is 57.3 cm³/mol. The van der Waals surface area contributed by atoms with Crippen molar-refractivity contribution >= 4 is 30.3 Å². The Labute approximate surface area is 93.8 Å². The second-order valence-electron chi connectivity index (χ2n) is 3.06. The average molecular weight is 269 g/mol. The van der Waals surface area contributed by atoms with E-state index in [1.54, 1.807) is 0 Å². The molecule has 78 valence electrons. The fraction of sp³-hybridized carbons (Fsp3) is 0.200. The molecule has 1 aliphatic rings. The number of benzene rings is 1. The molecular weight excluding hydrogens is 259 g/mol. The van der Waals surface area contributed by atoms with E-state index in [0.29, 0.717) is 13.1 Å². The van der Waals surface area contributed by atoms with E-state index in [1.807, 2.05) is 30.3 Å². The molecule has 2 rings (SSSR count). The van der Waals surface area contributed by atoms with Crippen LogP contribution < -0.4 is 9.78 Å². The van der Waals surface area contributed by atoms with Crippen LogP contribution in [0.5, 0.6) is 0 Å². The van der Waals surface area contributed by atoms with E-state index >= 15 is 0 Å². The van der Waals surface area contributed by atoms with Gasteiger partial charge < -0.3 is 0 Å². The Bertz CT molecular complexity index is 380. The first-order valence-corrected chi connectivity index (χ1v) is 6.31. The second kappa shape index (κ2) is 4.47. The number of urea groups is 1. The summed E-state index contributed by atoms with van der Waals surface area (Å²) < 4.78 is 0.995. The Morgan fingerprint density at radius 3 is 2.67 bits per heavy atom. The summed E-state index contributed by atoms with van der Waals surface area (Å²) in [7, 11) is 0. The van der Waals surface area contributed by atoms with Crippen LogP contribution in [0.1, 0.15) is 0 Å². The van der Waals surface area contributed by atoms with Gasteiger partial charge in [-0.25, -0.2) is 0 Å². The minimum absolute atomic E-state index is 0.0799. The first-order valence-electron chi connectivity index (χ1n) is 4.59. The normalized spacial score (nSPS) is 15.2. The topological polar surface area (TPSA) is 49.4 Å². The zero-order valence-corrected chi connectivity index (χ0v) is 9.69. The summed E-state index contributed by atoms with van der Waals surface area (Å²) in [4.78, 5) is 24.1. The molecule has 1 aromatic carbocycles. The van der Waals surface area contributed by atoms with Crippen LogP contribution in [0, 0.1) is 0 Å². The summed E-state index contributed by atoms with van der Waals surface area (Å²) >= 11 is -0.303. The summed E-state index contributed by atoms with van der Waals surface area (Å²) in [6.45, 7) is 1.06. The molecule has 1 heterocycles. The molecule has 0 aliphatic carbocycles. The van der Waals surface area contributed by atoms with Crippen molar-refractivity contribution in [3.8, 4) is 0 Å². The van der Waals surface area contributed by atoms with Gasteiger partial charge in [0.15, 0.2) is 0 Å². The quantitative estimate of drug-likeness (QED) is 0.778. The molecule has 1 fully saturated rings. The van der Waals surface area contributed by atoms with Crippen LogP contribution in [-0.4, -0.2) is 43.8 Å². The van der Waals surface area contributed by atoms with Crippen molar-refractivity contribution in [3.05, 3.63) is 30.3 Å². The molecule has 0 unspecified atom stereocenters. The average Bonchev–Trinajstić information content (AvgIpc) is 2.66. The molecule has 3 amide bonds.